The Kier molecular flexibility index (Phi) is 62.0. The van der Waals surface area contributed by atoms with Gasteiger partial charge in [-0.2, -0.15) is 0 Å². The van der Waals surface area contributed by atoms with Crippen molar-refractivity contribution in [3.8, 4) is 0 Å². The molecular weight excluding hydrogens is 1030 g/mol. The molecule has 9 heteroatoms. The second-order valence-corrected chi connectivity index (χ2v) is 26.8. The summed E-state index contributed by atoms with van der Waals surface area (Å²) >= 11 is 0. The van der Waals surface area contributed by atoms with Gasteiger partial charge in [0.1, 0.15) is 24.4 Å². The molecule has 0 bridgehead atoms. The molecule has 1 aliphatic heterocycles. The van der Waals surface area contributed by atoms with Crippen LogP contribution in [0, 0.1) is 0 Å². The molecule has 1 amide bonds. The van der Waals surface area contributed by atoms with Gasteiger partial charge in [0.2, 0.25) is 5.91 Å². The van der Waals surface area contributed by atoms with Crippen LogP contribution in [-0.4, -0.2) is 87.5 Å². The third-order valence-electron chi connectivity index (χ3n) is 18.7. The Balaban J connectivity index is 2.04. The summed E-state index contributed by atoms with van der Waals surface area (Å²) in [5.41, 5.74) is 0. The zero-order valence-corrected chi connectivity index (χ0v) is 55.8. The standard InChI is InChI=1S/C74H147NO8/c1-3-5-7-9-11-13-15-17-19-21-23-25-27-29-30-31-32-33-34-35-36-37-38-39-40-42-44-46-48-50-52-54-56-58-60-62-64-70(78)75-67(66-82-74-73(81)72(80)71(79)69(65-76)83-74)68(77)63-61-59-57-55-53-51-49-47-45-43-41-28-26-24-22-20-18-16-14-12-10-8-6-4-2/h67-69,71-74,76-77,79-81H,3-66H2,1-2H3,(H,75,78). The minimum Gasteiger partial charge on any atom is -0.394 e. The molecule has 1 fully saturated rings. The highest BCUT2D eigenvalue weighted by Gasteiger charge is 2.44. The van der Waals surface area contributed by atoms with Crippen LogP contribution in [0.2, 0.25) is 0 Å². The zero-order chi connectivity index (χ0) is 60.0. The van der Waals surface area contributed by atoms with Gasteiger partial charge in [-0.05, 0) is 12.8 Å². The Morgan fingerprint density at radius 2 is 0.602 bits per heavy atom. The summed E-state index contributed by atoms with van der Waals surface area (Å²) in [6.45, 7) is 3.91. The smallest absolute Gasteiger partial charge is 0.220 e. The van der Waals surface area contributed by atoms with Gasteiger partial charge >= 0.3 is 0 Å². The molecule has 1 rings (SSSR count). The lowest BCUT2D eigenvalue weighted by atomic mass is 9.99. The fourth-order valence-corrected chi connectivity index (χ4v) is 12.8. The summed E-state index contributed by atoms with van der Waals surface area (Å²) in [5.74, 6) is -0.132. The predicted molar refractivity (Wildman–Crippen MR) is 355 cm³/mol. The normalized spacial score (nSPS) is 18.1. The van der Waals surface area contributed by atoms with Crippen LogP contribution in [0.3, 0.4) is 0 Å². The maximum Gasteiger partial charge on any atom is 0.220 e. The molecule has 496 valence electrons. The van der Waals surface area contributed by atoms with E-state index in [0.717, 1.165) is 38.5 Å². The maximum atomic E-state index is 13.2. The Labute approximate surface area is 516 Å². The van der Waals surface area contributed by atoms with Crippen molar-refractivity contribution in [3.05, 3.63) is 0 Å². The number of carbonyl (C=O) groups is 1. The van der Waals surface area contributed by atoms with E-state index < -0.39 is 49.5 Å². The van der Waals surface area contributed by atoms with Crippen LogP contribution in [0.4, 0.5) is 0 Å². The molecule has 1 heterocycles. The largest absolute Gasteiger partial charge is 0.394 e. The van der Waals surface area contributed by atoms with E-state index in [4.69, 9.17) is 9.47 Å². The van der Waals surface area contributed by atoms with Crippen molar-refractivity contribution >= 4 is 5.91 Å². The Morgan fingerprint density at radius 3 is 0.855 bits per heavy atom. The van der Waals surface area contributed by atoms with E-state index in [1.54, 1.807) is 0 Å². The number of aliphatic hydroxyl groups is 5. The molecule has 0 spiro atoms. The number of carbonyl (C=O) groups excluding carboxylic acids is 1. The van der Waals surface area contributed by atoms with Crippen LogP contribution >= 0.6 is 0 Å². The second kappa shape index (κ2) is 64.2. The third-order valence-corrected chi connectivity index (χ3v) is 18.7. The van der Waals surface area contributed by atoms with Gasteiger partial charge < -0.3 is 40.3 Å². The number of unbranched alkanes of at least 4 members (excludes halogenated alkanes) is 58. The molecule has 0 aliphatic carbocycles. The number of hydrogen-bond donors (Lipinski definition) is 6. The molecule has 0 aromatic carbocycles. The second-order valence-electron chi connectivity index (χ2n) is 26.8. The van der Waals surface area contributed by atoms with Crippen molar-refractivity contribution in [3.63, 3.8) is 0 Å². The number of amides is 1. The van der Waals surface area contributed by atoms with Gasteiger partial charge in [-0.1, -0.05) is 393 Å². The average Bonchev–Trinajstić information content (AvgIpc) is 3.57. The van der Waals surface area contributed by atoms with Crippen LogP contribution in [0.5, 0.6) is 0 Å². The summed E-state index contributed by atoms with van der Waals surface area (Å²) < 4.78 is 11.4. The Hall–Kier alpha value is -0.810. The molecule has 1 saturated heterocycles. The summed E-state index contributed by atoms with van der Waals surface area (Å²) in [6.07, 6.45) is 74.9. The first kappa shape index (κ1) is 80.2. The monoisotopic (exact) mass is 1180 g/mol. The van der Waals surface area contributed by atoms with Gasteiger partial charge in [0.15, 0.2) is 6.29 Å². The van der Waals surface area contributed by atoms with Crippen LogP contribution in [0.1, 0.15) is 412 Å². The summed E-state index contributed by atoms with van der Waals surface area (Å²) in [5, 5.41) is 55.0. The zero-order valence-electron chi connectivity index (χ0n) is 55.8. The highest BCUT2D eigenvalue weighted by Crippen LogP contribution is 2.24. The lowest BCUT2D eigenvalue weighted by molar-refractivity contribution is -0.302. The Bertz CT molecular complexity index is 1270. The van der Waals surface area contributed by atoms with Crippen LogP contribution in [0.15, 0.2) is 0 Å². The fourth-order valence-electron chi connectivity index (χ4n) is 12.8. The number of nitrogens with one attached hydrogen (secondary N) is 1. The van der Waals surface area contributed by atoms with Crippen molar-refractivity contribution in [2.75, 3.05) is 13.2 Å². The first-order chi connectivity index (χ1) is 40.8. The van der Waals surface area contributed by atoms with Crippen molar-refractivity contribution in [2.45, 2.75) is 455 Å². The lowest BCUT2D eigenvalue weighted by Gasteiger charge is -2.40. The summed E-state index contributed by atoms with van der Waals surface area (Å²) in [6, 6.07) is -0.715. The minimum absolute atomic E-state index is 0.130. The quantitative estimate of drug-likeness (QED) is 0.0330. The van der Waals surface area contributed by atoms with E-state index in [1.165, 1.54) is 347 Å². The topological polar surface area (TPSA) is 149 Å². The van der Waals surface area contributed by atoms with Crippen molar-refractivity contribution in [2.24, 2.45) is 0 Å². The highest BCUT2D eigenvalue weighted by atomic mass is 16.7. The minimum atomic E-state index is -1.55. The van der Waals surface area contributed by atoms with E-state index in [0.29, 0.717) is 12.8 Å². The summed E-state index contributed by atoms with van der Waals surface area (Å²) in [7, 11) is 0. The van der Waals surface area contributed by atoms with E-state index in [-0.39, 0.29) is 12.5 Å². The molecule has 7 unspecified atom stereocenters. The van der Waals surface area contributed by atoms with E-state index in [2.05, 4.69) is 19.2 Å². The first-order valence-electron chi connectivity index (χ1n) is 37.7. The van der Waals surface area contributed by atoms with Gasteiger partial charge in [-0.15, -0.1) is 0 Å². The van der Waals surface area contributed by atoms with Crippen molar-refractivity contribution in [1.29, 1.82) is 0 Å². The van der Waals surface area contributed by atoms with E-state index in [9.17, 15) is 30.3 Å². The SMILES string of the molecule is CCCCCCCCCCCCCCCCCCCCCCCCCCCCCCCCCCCCCCC(=O)NC(COC1OC(CO)C(O)C(O)C1O)C(O)CCCCCCCCCCCCCCCCCCCCCCCCCC. The van der Waals surface area contributed by atoms with Gasteiger partial charge in [-0.3, -0.25) is 4.79 Å². The fraction of sp³-hybridized carbons (Fsp3) is 0.986. The lowest BCUT2D eigenvalue weighted by Crippen LogP contribution is -2.60. The van der Waals surface area contributed by atoms with Crippen molar-refractivity contribution in [1.82, 2.24) is 5.32 Å². The van der Waals surface area contributed by atoms with Crippen LogP contribution in [0.25, 0.3) is 0 Å². The van der Waals surface area contributed by atoms with Gasteiger partial charge in [0, 0.05) is 6.42 Å². The van der Waals surface area contributed by atoms with Gasteiger partial charge in [-0.25, -0.2) is 0 Å². The number of aliphatic hydroxyl groups excluding tert-OH is 5. The molecule has 6 N–H and O–H groups in total. The molecule has 9 nitrogen and oxygen atoms in total. The molecule has 0 aromatic rings. The molecule has 83 heavy (non-hydrogen) atoms. The molecular formula is C74H147NO8. The van der Waals surface area contributed by atoms with Crippen molar-refractivity contribution < 1.29 is 39.8 Å². The number of hydrogen-bond acceptors (Lipinski definition) is 8. The Morgan fingerprint density at radius 1 is 0.361 bits per heavy atom. The maximum absolute atomic E-state index is 13.2. The summed E-state index contributed by atoms with van der Waals surface area (Å²) in [4.78, 5) is 13.2. The molecule has 0 radical (unpaired) electrons. The first-order valence-corrected chi connectivity index (χ1v) is 37.7. The molecule has 0 aromatic heterocycles. The molecule has 7 atom stereocenters. The molecule has 0 saturated carbocycles. The van der Waals surface area contributed by atoms with Crippen LogP contribution < -0.4 is 5.32 Å². The van der Waals surface area contributed by atoms with E-state index >= 15 is 0 Å². The molecule has 1 aliphatic rings. The van der Waals surface area contributed by atoms with Gasteiger partial charge in [0.25, 0.3) is 0 Å². The van der Waals surface area contributed by atoms with E-state index in [1.807, 2.05) is 0 Å². The average molecular weight is 1180 g/mol. The highest BCUT2D eigenvalue weighted by molar-refractivity contribution is 5.76. The third kappa shape index (κ3) is 52.8. The predicted octanol–water partition coefficient (Wildman–Crippen LogP) is 20.9. The van der Waals surface area contributed by atoms with Gasteiger partial charge in [0.05, 0.1) is 25.4 Å². The number of rotatable bonds is 68. The van der Waals surface area contributed by atoms with Crippen LogP contribution in [-0.2, 0) is 14.3 Å². The number of ether oxygens (including phenoxy) is 2.